The summed E-state index contributed by atoms with van der Waals surface area (Å²) in [7, 11) is 0. The predicted octanol–water partition coefficient (Wildman–Crippen LogP) is 2.52. The number of halogens is 1. The minimum absolute atomic E-state index is 0.236. The molecule has 2 rings (SSSR count). The van der Waals surface area contributed by atoms with Crippen LogP contribution in [0.4, 0.5) is 5.82 Å². The van der Waals surface area contributed by atoms with E-state index in [9.17, 15) is 0 Å². The molecule has 0 spiro atoms. The van der Waals surface area contributed by atoms with Crippen LogP contribution in [-0.2, 0) is 0 Å². The van der Waals surface area contributed by atoms with Gasteiger partial charge in [0, 0.05) is 23.8 Å². The maximum Gasteiger partial charge on any atom is 0.143 e. The van der Waals surface area contributed by atoms with Gasteiger partial charge in [0.25, 0.3) is 0 Å². The van der Waals surface area contributed by atoms with E-state index >= 15 is 0 Å². The van der Waals surface area contributed by atoms with Crippen LogP contribution in [0.1, 0.15) is 25.3 Å². The molecule has 0 amide bonds. The van der Waals surface area contributed by atoms with Crippen LogP contribution in [-0.4, -0.2) is 24.6 Å². The Morgan fingerprint density at radius 1 is 1.67 bits per heavy atom. The van der Waals surface area contributed by atoms with Gasteiger partial charge in [-0.1, -0.05) is 6.92 Å². The molecule has 0 saturated carbocycles. The van der Waals surface area contributed by atoms with Crippen molar-refractivity contribution in [3.63, 3.8) is 0 Å². The van der Waals surface area contributed by atoms with Crippen LogP contribution in [0.15, 0.2) is 16.7 Å². The van der Waals surface area contributed by atoms with E-state index in [4.69, 9.17) is 5.26 Å². The third-order valence-corrected chi connectivity index (χ3v) is 3.78. The van der Waals surface area contributed by atoms with Gasteiger partial charge >= 0.3 is 0 Å². The number of rotatable bonds is 3. The Morgan fingerprint density at radius 2 is 2.50 bits per heavy atom. The lowest BCUT2D eigenvalue weighted by Crippen LogP contribution is -2.42. The fourth-order valence-electron chi connectivity index (χ4n) is 2.23. The summed E-state index contributed by atoms with van der Waals surface area (Å²) in [6.45, 7) is 5.22. The van der Waals surface area contributed by atoms with Crippen LogP contribution in [0.25, 0.3) is 0 Å². The topological polar surface area (TPSA) is 60.7 Å². The van der Waals surface area contributed by atoms with Gasteiger partial charge in [0.05, 0.1) is 5.56 Å². The van der Waals surface area contributed by atoms with Crippen molar-refractivity contribution in [2.45, 2.75) is 19.8 Å². The molecule has 1 aliphatic rings. The molecule has 1 fully saturated rings. The largest absolute Gasteiger partial charge is 0.368 e. The van der Waals surface area contributed by atoms with Crippen LogP contribution >= 0.6 is 15.9 Å². The maximum absolute atomic E-state index is 9.08. The first-order valence-corrected chi connectivity index (χ1v) is 6.92. The molecule has 96 valence electrons. The molecule has 0 aromatic carbocycles. The van der Waals surface area contributed by atoms with Gasteiger partial charge in [0.15, 0.2) is 0 Å². The molecule has 1 atom stereocenters. The smallest absolute Gasteiger partial charge is 0.143 e. The van der Waals surface area contributed by atoms with Gasteiger partial charge in [-0.2, -0.15) is 5.26 Å². The summed E-state index contributed by atoms with van der Waals surface area (Å²) in [5.41, 5.74) is 0.816. The summed E-state index contributed by atoms with van der Waals surface area (Å²) in [6, 6.07) is 3.95. The second-order valence-corrected chi connectivity index (χ2v) is 6.02. The van der Waals surface area contributed by atoms with Crippen LogP contribution in [0.2, 0.25) is 0 Å². The van der Waals surface area contributed by atoms with Gasteiger partial charge < -0.3 is 10.6 Å². The van der Waals surface area contributed by atoms with E-state index in [2.05, 4.69) is 44.5 Å². The van der Waals surface area contributed by atoms with E-state index in [0.29, 0.717) is 11.4 Å². The minimum Gasteiger partial charge on any atom is -0.368 e. The molecule has 1 aromatic rings. The number of aromatic nitrogens is 1. The first-order chi connectivity index (χ1) is 8.63. The van der Waals surface area contributed by atoms with E-state index in [1.165, 1.54) is 12.8 Å². The molecule has 2 N–H and O–H groups in total. The Labute approximate surface area is 116 Å². The number of piperidine rings is 1. The molecule has 1 aliphatic heterocycles. The first kappa shape index (κ1) is 13.3. The van der Waals surface area contributed by atoms with Crippen LogP contribution in [0.5, 0.6) is 0 Å². The molecule has 5 heteroatoms. The summed E-state index contributed by atoms with van der Waals surface area (Å²) < 4.78 is 0.829. The molecule has 0 bridgehead atoms. The zero-order chi connectivity index (χ0) is 13.0. The third kappa shape index (κ3) is 3.21. The zero-order valence-electron chi connectivity index (χ0n) is 10.5. The minimum atomic E-state index is 0.236. The molecule has 1 saturated heterocycles. The highest BCUT2D eigenvalue weighted by atomic mass is 79.9. The average Bonchev–Trinajstić information content (AvgIpc) is 2.38. The molecular formula is C13H17BrN4. The molecule has 1 aromatic heterocycles. The van der Waals surface area contributed by atoms with E-state index in [-0.39, 0.29) is 5.41 Å². The Bertz CT molecular complexity index is 461. The lowest BCUT2D eigenvalue weighted by atomic mass is 9.83. The number of anilines is 1. The highest BCUT2D eigenvalue weighted by Crippen LogP contribution is 2.26. The number of pyridine rings is 1. The van der Waals surface area contributed by atoms with Crippen molar-refractivity contribution in [1.82, 2.24) is 10.3 Å². The van der Waals surface area contributed by atoms with Crippen molar-refractivity contribution in [3.8, 4) is 6.07 Å². The lowest BCUT2D eigenvalue weighted by Gasteiger charge is -2.34. The summed E-state index contributed by atoms with van der Waals surface area (Å²) in [6.07, 6.45) is 4.12. The number of hydrogen-bond donors (Lipinski definition) is 2. The van der Waals surface area contributed by atoms with Crippen LogP contribution in [0.3, 0.4) is 0 Å². The van der Waals surface area contributed by atoms with Gasteiger partial charge in [-0.05, 0) is 46.8 Å². The molecule has 0 aliphatic carbocycles. The van der Waals surface area contributed by atoms with Gasteiger partial charge in [-0.25, -0.2) is 4.98 Å². The molecule has 2 heterocycles. The Kier molecular flexibility index (Phi) is 4.20. The second kappa shape index (κ2) is 5.68. The van der Waals surface area contributed by atoms with Crippen molar-refractivity contribution in [2.24, 2.45) is 5.41 Å². The van der Waals surface area contributed by atoms with Crippen LogP contribution in [0, 0.1) is 16.7 Å². The quantitative estimate of drug-likeness (QED) is 0.901. The Hall–Kier alpha value is -1.12. The first-order valence-electron chi connectivity index (χ1n) is 6.13. The fraction of sp³-hybridized carbons (Fsp3) is 0.538. The van der Waals surface area contributed by atoms with Crippen LogP contribution < -0.4 is 10.6 Å². The highest BCUT2D eigenvalue weighted by molar-refractivity contribution is 9.10. The molecule has 4 nitrogen and oxygen atoms in total. The van der Waals surface area contributed by atoms with Crippen molar-refractivity contribution in [1.29, 1.82) is 5.26 Å². The summed E-state index contributed by atoms with van der Waals surface area (Å²) in [4.78, 5) is 4.26. The summed E-state index contributed by atoms with van der Waals surface area (Å²) in [5.74, 6) is 0.674. The normalized spacial score (nSPS) is 23.4. The van der Waals surface area contributed by atoms with Gasteiger partial charge in [0.1, 0.15) is 11.9 Å². The SMILES string of the molecule is CC1(CNc2ncc(Br)cc2C#N)CCCNC1. The average molecular weight is 309 g/mol. The van der Waals surface area contributed by atoms with E-state index in [1.54, 1.807) is 12.3 Å². The van der Waals surface area contributed by atoms with E-state index < -0.39 is 0 Å². The van der Waals surface area contributed by atoms with E-state index in [0.717, 1.165) is 24.1 Å². The summed E-state index contributed by atoms with van der Waals surface area (Å²) in [5, 5.41) is 15.8. The summed E-state index contributed by atoms with van der Waals surface area (Å²) >= 11 is 3.32. The van der Waals surface area contributed by atoms with Gasteiger partial charge in [-0.15, -0.1) is 0 Å². The van der Waals surface area contributed by atoms with Crippen molar-refractivity contribution in [3.05, 3.63) is 22.3 Å². The number of nitriles is 1. The van der Waals surface area contributed by atoms with Crippen molar-refractivity contribution >= 4 is 21.7 Å². The molecule has 1 unspecified atom stereocenters. The standard InChI is InChI=1S/C13H17BrN4/c1-13(3-2-4-16-8-13)9-18-12-10(6-15)5-11(14)7-17-12/h5,7,16H,2-4,8-9H2,1H3,(H,17,18). The van der Waals surface area contributed by atoms with Crippen molar-refractivity contribution < 1.29 is 0 Å². The third-order valence-electron chi connectivity index (χ3n) is 3.34. The second-order valence-electron chi connectivity index (χ2n) is 5.11. The Balaban J connectivity index is 2.04. The molecule has 0 radical (unpaired) electrons. The predicted molar refractivity (Wildman–Crippen MR) is 75.4 cm³/mol. The molecular weight excluding hydrogens is 292 g/mol. The number of nitrogens with zero attached hydrogens (tertiary/aromatic N) is 2. The van der Waals surface area contributed by atoms with E-state index in [1.807, 2.05) is 0 Å². The van der Waals surface area contributed by atoms with Crippen molar-refractivity contribution in [2.75, 3.05) is 25.0 Å². The van der Waals surface area contributed by atoms with Gasteiger partial charge in [0.2, 0.25) is 0 Å². The maximum atomic E-state index is 9.08. The zero-order valence-corrected chi connectivity index (χ0v) is 12.0. The highest BCUT2D eigenvalue weighted by Gasteiger charge is 2.26. The Morgan fingerprint density at radius 3 is 3.17 bits per heavy atom. The lowest BCUT2D eigenvalue weighted by molar-refractivity contribution is 0.253. The number of hydrogen-bond acceptors (Lipinski definition) is 4. The molecule has 18 heavy (non-hydrogen) atoms. The monoisotopic (exact) mass is 308 g/mol. The fourth-order valence-corrected chi connectivity index (χ4v) is 2.56. The van der Waals surface area contributed by atoms with Gasteiger partial charge in [-0.3, -0.25) is 0 Å². The number of nitrogens with one attached hydrogen (secondary N) is 2.